The standard InChI is InChI=1S/C16H18N2O3/c1-20-16(18-15(19)14-10-6-12-21-14)17-11-5-9-13-7-3-2-4-8-13/h2-4,6-8,10,12H,5,9,11H2,1H3,(H,17,18,19). The third-order valence-electron chi connectivity index (χ3n) is 2.88. The first kappa shape index (κ1) is 14.8. The molecule has 0 radical (unpaired) electrons. The molecule has 0 aliphatic carbocycles. The van der Waals surface area contributed by atoms with Crippen molar-refractivity contribution >= 4 is 11.9 Å². The zero-order valence-electron chi connectivity index (χ0n) is 11.9. The van der Waals surface area contributed by atoms with Crippen molar-refractivity contribution in [3.8, 4) is 0 Å². The van der Waals surface area contributed by atoms with Crippen LogP contribution in [0.3, 0.4) is 0 Å². The van der Waals surface area contributed by atoms with Crippen LogP contribution < -0.4 is 5.32 Å². The van der Waals surface area contributed by atoms with Crippen LogP contribution in [0.5, 0.6) is 0 Å². The Kier molecular flexibility index (Phi) is 5.58. The molecule has 1 aromatic carbocycles. The number of amides is 1. The number of aryl methyl sites for hydroxylation is 1. The van der Waals surface area contributed by atoms with E-state index >= 15 is 0 Å². The Balaban J connectivity index is 1.79. The Morgan fingerprint density at radius 3 is 2.71 bits per heavy atom. The molecule has 0 spiro atoms. The molecule has 0 aliphatic heterocycles. The summed E-state index contributed by atoms with van der Waals surface area (Å²) >= 11 is 0. The summed E-state index contributed by atoms with van der Waals surface area (Å²) in [6, 6.07) is 13.6. The van der Waals surface area contributed by atoms with E-state index in [1.165, 1.54) is 18.9 Å². The fourth-order valence-electron chi connectivity index (χ4n) is 1.83. The molecule has 21 heavy (non-hydrogen) atoms. The normalized spacial score (nSPS) is 11.2. The van der Waals surface area contributed by atoms with Crippen molar-refractivity contribution in [3.05, 3.63) is 60.1 Å². The zero-order chi connectivity index (χ0) is 14.9. The maximum absolute atomic E-state index is 11.8. The summed E-state index contributed by atoms with van der Waals surface area (Å²) in [4.78, 5) is 16.0. The second kappa shape index (κ2) is 7.89. The van der Waals surface area contributed by atoms with E-state index in [1.54, 1.807) is 12.1 Å². The van der Waals surface area contributed by atoms with E-state index in [2.05, 4.69) is 22.4 Å². The largest absolute Gasteiger partial charge is 0.468 e. The number of hydrogen-bond acceptors (Lipinski definition) is 4. The van der Waals surface area contributed by atoms with E-state index in [0.29, 0.717) is 6.54 Å². The third-order valence-corrected chi connectivity index (χ3v) is 2.88. The van der Waals surface area contributed by atoms with Gasteiger partial charge in [-0.25, -0.2) is 4.99 Å². The molecule has 0 saturated carbocycles. The summed E-state index contributed by atoms with van der Waals surface area (Å²) in [5, 5.41) is 2.56. The van der Waals surface area contributed by atoms with Crippen LogP contribution in [0.15, 0.2) is 58.1 Å². The van der Waals surface area contributed by atoms with Crippen molar-refractivity contribution in [1.82, 2.24) is 5.32 Å². The molecule has 1 heterocycles. The maximum atomic E-state index is 11.8. The predicted octanol–water partition coefficient (Wildman–Crippen LogP) is 2.64. The Bertz CT molecular complexity index is 577. The molecule has 1 amide bonds. The summed E-state index contributed by atoms with van der Waals surface area (Å²) in [6.45, 7) is 0.580. The van der Waals surface area contributed by atoms with Gasteiger partial charge in [0, 0.05) is 6.54 Å². The fraction of sp³-hybridized carbons (Fsp3) is 0.250. The predicted molar refractivity (Wildman–Crippen MR) is 80.2 cm³/mol. The van der Waals surface area contributed by atoms with Crippen LogP contribution in [0.4, 0.5) is 0 Å². The molecule has 0 bridgehead atoms. The first-order chi connectivity index (χ1) is 10.3. The highest BCUT2D eigenvalue weighted by Crippen LogP contribution is 2.03. The number of ether oxygens (including phenoxy) is 1. The molecule has 2 aromatic rings. The Morgan fingerprint density at radius 1 is 1.24 bits per heavy atom. The molecule has 2 rings (SSSR count). The summed E-state index contributed by atoms with van der Waals surface area (Å²) < 4.78 is 10.0. The minimum Gasteiger partial charge on any atom is -0.468 e. The molecular weight excluding hydrogens is 268 g/mol. The van der Waals surface area contributed by atoms with E-state index in [0.717, 1.165) is 12.8 Å². The summed E-state index contributed by atoms with van der Waals surface area (Å²) in [5.74, 6) is -0.146. The quantitative estimate of drug-likeness (QED) is 0.522. The van der Waals surface area contributed by atoms with Gasteiger partial charge in [0.15, 0.2) is 5.76 Å². The van der Waals surface area contributed by atoms with Gasteiger partial charge in [-0.3, -0.25) is 10.1 Å². The van der Waals surface area contributed by atoms with Gasteiger partial charge in [-0.05, 0) is 30.5 Å². The lowest BCUT2D eigenvalue weighted by atomic mass is 10.1. The molecule has 0 saturated heterocycles. The third kappa shape index (κ3) is 4.80. The number of methoxy groups -OCH3 is 1. The average molecular weight is 286 g/mol. The fourth-order valence-corrected chi connectivity index (χ4v) is 1.83. The van der Waals surface area contributed by atoms with Crippen molar-refractivity contribution in [1.29, 1.82) is 0 Å². The average Bonchev–Trinajstić information content (AvgIpc) is 3.05. The van der Waals surface area contributed by atoms with Crippen molar-refractivity contribution in [2.24, 2.45) is 4.99 Å². The van der Waals surface area contributed by atoms with E-state index in [4.69, 9.17) is 9.15 Å². The second-order valence-electron chi connectivity index (χ2n) is 4.41. The number of aliphatic imine (C=N–C) groups is 1. The lowest BCUT2D eigenvalue weighted by Crippen LogP contribution is -2.31. The van der Waals surface area contributed by atoms with Gasteiger partial charge in [0.1, 0.15) is 0 Å². The number of furan rings is 1. The topological polar surface area (TPSA) is 63.8 Å². The monoisotopic (exact) mass is 286 g/mol. The number of nitrogens with zero attached hydrogens (tertiary/aromatic N) is 1. The van der Waals surface area contributed by atoms with Crippen molar-refractivity contribution in [3.63, 3.8) is 0 Å². The zero-order valence-corrected chi connectivity index (χ0v) is 11.9. The Morgan fingerprint density at radius 2 is 2.05 bits per heavy atom. The molecule has 1 aromatic heterocycles. The smallest absolute Gasteiger partial charge is 0.294 e. The van der Waals surface area contributed by atoms with Gasteiger partial charge < -0.3 is 9.15 Å². The molecule has 0 unspecified atom stereocenters. The van der Waals surface area contributed by atoms with Gasteiger partial charge >= 0.3 is 0 Å². The number of carbonyl (C=O) groups excluding carboxylic acids is 1. The van der Waals surface area contributed by atoms with Crippen molar-refractivity contribution in [2.75, 3.05) is 13.7 Å². The minimum absolute atomic E-state index is 0.199. The number of rotatable bonds is 5. The molecule has 0 atom stereocenters. The van der Waals surface area contributed by atoms with Crippen LogP contribution in [-0.2, 0) is 11.2 Å². The second-order valence-corrected chi connectivity index (χ2v) is 4.41. The highest BCUT2D eigenvalue weighted by Gasteiger charge is 2.11. The summed E-state index contributed by atoms with van der Waals surface area (Å²) in [6.07, 6.45) is 3.26. The summed E-state index contributed by atoms with van der Waals surface area (Å²) in [5.41, 5.74) is 1.27. The van der Waals surface area contributed by atoms with E-state index in [1.807, 2.05) is 18.2 Å². The maximum Gasteiger partial charge on any atom is 0.294 e. The lowest BCUT2D eigenvalue weighted by molar-refractivity contribution is 0.0941. The van der Waals surface area contributed by atoms with Crippen LogP contribution >= 0.6 is 0 Å². The van der Waals surface area contributed by atoms with Gasteiger partial charge in [-0.2, -0.15) is 0 Å². The number of carbonyl (C=O) groups is 1. The van der Waals surface area contributed by atoms with Gasteiger partial charge in [0.2, 0.25) is 0 Å². The van der Waals surface area contributed by atoms with Gasteiger partial charge in [0.25, 0.3) is 11.9 Å². The van der Waals surface area contributed by atoms with Gasteiger partial charge in [-0.1, -0.05) is 30.3 Å². The molecular formula is C16H18N2O3. The Hall–Kier alpha value is -2.56. The van der Waals surface area contributed by atoms with Crippen LogP contribution in [0.1, 0.15) is 22.5 Å². The SMILES string of the molecule is COC(=NCCCc1ccccc1)NC(=O)c1ccco1. The molecule has 110 valence electrons. The van der Waals surface area contributed by atoms with Gasteiger partial charge in [0.05, 0.1) is 13.4 Å². The number of hydrogen-bond donors (Lipinski definition) is 1. The van der Waals surface area contributed by atoms with E-state index < -0.39 is 0 Å². The van der Waals surface area contributed by atoms with E-state index in [-0.39, 0.29) is 17.7 Å². The van der Waals surface area contributed by atoms with Crippen molar-refractivity contribution in [2.45, 2.75) is 12.8 Å². The molecule has 0 aliphatic rings. The van der Waals surface area contributed by atoms with Crippen LogP contribution in [-0.4, -0.2) is 25.6 Å². The lowest BCUT2D eigenvalue weighted by Gasteiger charge is -2.06. The molecule has 1 N–H and O–H groups in total. The highest BCUT2D eigenvalue weighted by molar-refractivity contribution is 6.02. The number of nitrogens with one attached hydrogen (secondary N) is 1. The molecule has 5 nitrogen and oxygen atoms in total. The first-order valence-corrected chi connectivity index (χ1v) is 6.77. The first-order valence-electron chi connectivity index (χ1n) is 6.77. The van der Waals surface area contributed by atoms with Crippen LogP contribution in [0.2, 0.25) is 0 Å². The minimum atomic E-state index is -0.372. The highest BCUT2D eigenvalue weighted by atomic mass is 16.5. The number of benzene rings is 1. The van der Waals surface area contributed by atoms with Crippen LogP contribution in [0.25, 0.3) is 0 Å². The molecule has 5 heteroatoms. The summed E-state index contributed by atoms with van der Waals surface area (Å²) in [7, 11) is 1.47. The van der Waals surface area contributed by atoms with Gasteiger partial charge in [-0.15, -0.1) is 0 Å². The van der Waals surface area contributed by atoms with Crippen molar-refractivity contribution < 1.29 is 13.9 Å². The van der Waals surface area contributed by atoms with Crippen LogP contribution in [0, 0.1) is 0 Å². The van der Waals surface area contributed by atoms with E-state index in [9.17, 15) is 4.79 Å². The molecule has 0 fully saturated rings. The Labute approximate surface area is 123 Å². The number of amidine groups is 1.